The Morgan fingerprint density at radius 3 is 1.92 bits per heavy atom. The Bertz CT molecular complexity index is 569. The lowest BCUT2D eigenvalue weighted by Gasteiger charge is -2.36. The van der Waals surface area contributed by atoms with Crippen LogP contribution in [0.3, 0.4) is 0 Å². The molecule has 0 heterocycles. The zero-order valence-corrected chi connectivity index (χ0v) is 14.0. The number of unbranched alkanes of at least 4 members (excludes halogenated alkanes) is 2. The minimum Gasteiger partial charge on any atom is -0.284 e. The van der Waals surface area contributed by atoms with Gasteiger partial charge in [0.25, 0.3) is 0 Å². The second kappa shape index (κ2) is 7.63. The molecule has 0 N–H and O–H groups in total. The van der Waals surface area contributed by atoms with E-state index in [9.17, 15) is 39.2 Å². The van der Waals surface area contributed by atoms with E-state index < -0.39 is 38.1 Å². The summed E-state index contributed by atoms with van der Waals surface area (Å²) in [5.41, 5.74) is 0. The fourth-order valence-corrected chi connectivity index (χ4v) is 4.34. The quantitative estimate of drug-likeness (QED) is 0.429. The molecule has 0 unspecified atom stereocenters. The highest BCUT2D eigenvalue weighted by Gasteiger charge is 2.79. The molecule has 0 aliphatic rings. The minimum absolute atomic E-state index is 0.133. The Balaban J connectivity index is 5.16. The topological polar surface area (TPSA) is 76.4 Å². The number of halogens is 7. The lowest BCUT2D eigenvalue weighted by Crippen LogP contribution is -2.56. The van der Waals surface area contributed by atoms with Gasteiger partial charge in [-0.3, -0.25) is 4.18 Å². The number of hydrogen-bond acceptors (Lipinski definition) is 5. The molecule has 0 aromatic heterocycles. The molecule has 0 fully saturated rings. The Morgan fingerprint density at radius 1 is 1.00 bits per heavy atom. The molecule has 0 aromatic carbocycles. The molecule has 0 aliphatic heterocycles. The largest absolute Gasteiger partial charge is 0.461 e. The molecule has 5 nitrogen and oxygen atoms in total. The molecule has 144 valence electrons. The van der Waals surface area contributed by atoms with E-state index in [1.54, 1.807) is 6.07 Å². The van der Waals surface area contributed by atoms with Crippen molar-refractivity contribution in [3.8, 4) is 6.07 Å². The molecular weight excluding hydrogens is 395 g/mol. The number of hydrogen-bond donors (Lipinski definition) is 0. The van der Waals surface area contributed by atoms with Gasteiger partial charge in [-0.1, -0.05) is 0 Å². The summed E-state index contributed by atoms with van der Waals surface area (Å²) >= 11 is 0. The molecule has 24 heavy (non-hydrogen) atoms. The third kappa shape index (κ3) is 5.36. The van der Waals surface area contributed by atoms with Crippen LogP contribution in [-0.4, -0.2) is 44.9 Å². The Morgan fingerprint density at radius 2 is 1.50 bits per heavy atom. The Hall–Kier alpha value is -0.780. The number of rotatable bonds is 9. The van der Waals surface area contributed by atoms with Gasteiger partial charge in [-0.05, 0) is 12.8 Å². The van der Waals surface area contributed by atoms with E-state index in [4.69, 9.17) is 9.44 Å². The summed E-state index contributed by atoms with van der Waals surface area (Å²) in [7, 11) is -10.0. The summed E-state index contributed by atoms with van der Waals surface area (Å²) in [6, 6.07) is 1.79. The van der Waals surface area contributed by atoms with Crippen molar-refractivity contribution in [2.45, 2.75) is 36.6 Å². The molecule has 0 spiro atoms. The standard InChI is InChI=1S/C10H14F7NO4S2/c1-23(2,21-7-5-3-4-6-18)22-24(19,20)10(16,17)8(11,12)9(13,14)15/h3-5,7H2,1-2H3. The van der Waals surface area contributed by atoms with Crippen LogP contribution in [-0.2, 0) is 17.9 Å². The maximum Gasteiger partial charge on any atom is 0.461 e. The van der Waals surface area contributed by atoms with Gasteiger partial charge < -0.3 is 0 Å². The van der Waals surface area contributed by atoms with E-state index in [1.165, 1.54) is 0 Å². The molecule has 14 heteroatoms. The van der Waals surface area contributed by atoms with E-state index in [1.807, 2.05) is 0 Å². The average Bonchev–Trinajstić information content (AvgIpc) is 2.35. The van der Waals surface area contributed by atoms with Crippen LogP contribution >= 0.6 is 10.6 Å². The highest BCUT2D eigenvalue weighted by molar-refractivity contribution is 8.28. The van der Waals surface area contributed by atoms with Gasteiger partial charge in [-0.15, -0.1) is 0 Å². The third-order valence-corrected chi connectivity index (χ3v) is 5.99. The van der Waals surface area contributed by atoms with Crippen molar-refractivity contribution < 1.29 is 47.0 Å². The molecule has 0 saturated carbocycles. The van der Waals surface area contributed by atoms with E-state index in [0.29, 0.717) is 6.42 Å². The first kappa shape index (κ1) is 23.2. The van der Waals surface area contributed by atoms with E-state index in [0.717, 1.165) is 12.5 Å². The van der Waals surface area contributed by atoms with Crippen molar-refractivity contribution in [1.82, 2.24) is 0 Å². The van der Waals surface area contributed by atoms with Gasteiger partial charge in [0.1, 0.15) is 0 Å². The molecule has 0 rings (SSSR count). The Labute approximate surface area is 135 Å². The molecular formula is C10H14F7NO4S2. The summed E-state index contributed by atoms with van der Waals surface area (Å²) in [5.74, 6) is -6.85. The van der Waals surface area contributed by atoms with Crippen LogP contribution in [0.5, 0.6) is 0 Å². The zero-order chi connectivity index (χ0) is 19.4. The maximum absolute atomic E-state index is 13.2. The summed E-state index contributed by atoms with van der Waals surface area (Å²) < 4.78 is 119. The van der Waals surface area contributed by atoms with Crippen molar-refractivity contribution in [2.24, 2.45) is 0 Å². The highest BCUT2D eigenvalue weighted by atomic mass is 32.3. The lowest BCUT2D eigenvalue weighted by molar-refractivity contribution is -0.333. The first-order chi connectivity index (χ1) is 10.5. The average molecular weight is 409 g/mol. The van der Waals surface area contributed by atoms with Crippen molar-refractivity contribution in [2.75, 3.05) is 19.1 Å². The molecule has 0 bridgehead atoms. The molecule has 0 aromatic rings. The van der Waals surface area contributed by atoms with Crippen LogP contribution < -0.4 is 0 Å². The first-order valence-corrected chi connectivity index (χ1v) is 9.75. The van der Waals surface area contributed by atoms with Gasteiger partial charge in [0, 0.05) is 18.9 Å². The van der Waals surface area contributed by atoms with Gasteiger partial charge in [-0.25, -0.2) is 0 Å². The summed E-state index contributed by atoms with van der Waals surface area (Å²) in [5, 5.41) is 1.74. The van der Waals surface area contributed by atoms with Crippen molar-refractivity contribution >= 4 is 20.7 Å². The fraction of sp³-hybridized carbons (Fsp3) is 0.900. The lowest BCUT2D eigenvalue weighted by atomic mass is 10.3. The summed E-state index contributed by atoms with van der Waals surface area (Å²) in [6.07, 6.45) is -4.49. The monoisotopic (exact) mass is 409 g/mol. The Kier molecular flexibility index (Phi) is 7.38. The van der Waals surface area contributed by atoms with E-state index in [2.05, 4.69) is 3.63 Å². The van der Waals surface area contributed by atoms with Crippen LogP contribution in [0.1, 0.15) is 19.3 Å². The molecule has 0 atom stereocenters. The fourth-order valence-electron chi connectivity index (χ4n) is 1.17. The molecule has 0 amide bonds. The summed E-state index contributed by atoms with van der Waals surface area (Å²) in [4.78, 5) is 0. The number of alkyl halides is 7. The molecule has 0 saturated heterocycles. The smallest absolute Gasteiger partial charge is 0.284 e. The van der Waals surface area contributed by atoms with Gasteiger partial charge >= 0.3 is 27.5 Å². The predicted octanol–water partition coefficient (Wildman–Crippen LogP) is 3.73. The SMILES string of the molecule is CS(C)(OCCCCC#N)OS(=O)(=O)C(F)(F)C(F)(F)C(F)(F)F. The zero-order valence-electron chi connectivity index (χ0n) is 12.4. The summed E-state index contributed by atoms with van der Waals surface area (Å²) in [6.45, 7) is -0.263. The van der Waals surface area contributed by atoms with E-state index >= 15 is 0 Å². The van der Waals surface area contributed by atoms with Gasteiger partial charge in [0.2, 0.25) is 0 Å². The van der Waals surface area contributed by atoms with Gasteiger partial charge in [-0.2, -0.15) is 58.6 Å². The third-order valence-electron chi connectivity index (χ3n) is 2.34. The van der Waals surface area contributed by atoms with Gasteiger partial charge in [0.05, 0.1) is 12.7 Å². The second-order valence-electron chi connectivity index (χ2n) is 4.69. The number of nitriles is 1. The van der Waals surface area contributed by atoms with E-state index in [-0.39, 0.29) is 19.4 Å². The highest BCUT2D eigenvalue weighted by Crippen LogP contribution is 2.54. The van der Waals surface area contributed by atoms with Crippen molar-refractivity contribution in [3.05, 3.63) is 0 Å². The van der Waals surface area contributed by atoms with Crippen LogP contribution in [0.2, 0.25) is 0 Å². The van der Waals surface area contributed by atoms with Crippen LogP contribution in [0.25, 0.3) is 0 Å². The molecule has 0 radical (unpaired) electrons. The number of nitrogens with zero attached hydrogens (tertiary/aromatic N) is 1. The van der Waals surface area contributed by atoms with Crippen molar-refractivity contribution in [1.29, 1.82) is 5.26 Å². The van der Waals surface area contributed by atoms with Crippen LogP contribution in [0.15, 0.2) is 0 Å². The first-order valence-electron chi connectivity index (χ1n) is 6.04. The van der Waals surface area contributed by atoms with Crippen LogP contribution in [0.4, 0.5) is 30.7 Å². The van der Waals surface area contributed by atoms with Crippen molar-refractivity contribution in [3.63, 3.8) is 0 Å². The van der Waals surface area contributed by atoms with Gasteiger partial charge in [0.15, 0.2) is 0 Å². The molecule has 0 aliphatic carbocycles. The second-order valence-corrected chi connectivity index (χ2v) is 9.18. The maximum atomic E-state index is 13.2. The normalized spacial score (nSPS) is 15.2. The predicted molar refractivity (Wildman–Crippen MR) is 70.8 cm³/mol. The minimum atomic E-state index is -6.85. The van der Waals surface area contributed by atoms with Crippen LogP contribution in [0, 0.1) is 11.3 Å².